The maximum Gasteiger partial charge on any atom is 0.257 e. The van der Waals surface area contributed by atoms with Crippen molar-refractivity contribution in [2.45, 2.75) is 34.2 Å². The summed E-state index contributed by atoms with van der Waals surface area (Å²) in [5, 5.41) is 7.42. The van der Waals surface area contributed by atoms with Crippen molar-refractivity contribution in [2.75, 3.05) is 11.1 Å². The second-order valence-electron chi connectivity index (χ2n) is 5.66. The molecule has 0 saturated heterocycles. The van der Waals surface area contributed by atoms with Crippen LogP contribution >= 0.6 is 0 Å². The molecule has 5 nitrogen and oxygen atoms in total. The van der Waals surface area contributed by atoms with Crippen LogP contribution in [0.4, 0.5) is 11.4 Å². The lowest BCUT2D eigenvalue weighted by molar-refractivity contribution is 0.102. The van der Waals surface area contributed by atoms with Crippen LogP contribution in [0.2, 0.25) is 0 Å². The van der Waals surface area contributed by atoms with Gasteiger partial charge in [0.25, 0.3) is 5.91 Å². The zero-order valence-corrected chi connectivity index (χ0v) is 13.0. The molecule has 2 rings (SSSR count). The zero-order valence-electron chi connectivity index (χ0n) is 13.0. The van der Waals surface area contributed by atoms with E-state index in [1.165, 1.54) is 0 Å². The highest BCUT2D eigenvalue weighted by Gasteiger charge is 2.16. The molecule has 0 unspecified atom stereocenters. The fourth-order valence-corrected chi connectivity index (χ4v) is 2.29. The van der Waals surface area contributed by atoms with Crippen LogP contribution in [0.5, 0.6) is 0 Å². The quantitative estimate of drug-likeness (QED) is 0.849. The highest BCUT2D eigenvalue weighted by Crippen LogP contribution is 2.22. The third kappa shape index (κ3) is 3.24. The Balaban J connectivity index is 2.26. The summed E-state index contributed by atoms with van der Waals surface area (Å²) in [6.07, 6.45) is 0. The predicted molar refractivity (Wildman–Crippen MR) is 85.3 cm³/mol. The van der Waals surface area contributed by atoms with Gasteiger partial charge in [-0.05, 0) is 31.9 Å². The molecular weight excluding hydrogens is 264 g/mol. The van der Waals surface area contributed by atoms with Gasteiger partial charge in [-0.15, -0.1) is 0 Å². The first-order valence-corrected chi connectivity index (χ1v) is 7.10. The van der Waals surface area contributed by atoms with E-state index in [9.17, 15) is 4.79 Å². The van der Waals surface area contributed by atoms with Crippen LogP contribution in [0, 0.1) is 19.8 Å². The second-order valence-corrected chi connectivity index (χ2v) is 5.66. The van der Waals surface area contributed by atoms with Crippen molar-refractivity contribution in [3.05, 3.63) is 41.2 Å². The van der Waals surface area contributed by atoms with Gasteiger partial charge in [0.05, 0.1) is 22.6 Å². The largest absolute Gasteiger partial charge is 0.398 e. The number of nitrogens with two attached hydrogens (primary N) is 1. The minimum atomic E-state index is -0.205. The van der Waals surface area contributed by atoms with Gasteiger partial charge in [0.2, 0.25) is 0 Å². The highest BCUT2D eigenvalue weighted by molar-refractivity contribution is 6.08. The van der Waals surface area contributed by atoms with Crippen LogP contribution in [-0.2, 0) is 6.54 Å². The Kier molecular flexibility index (Phi) is 4.31. The van der Waals surface area contributed by atoms with Gasteiger partial charge < -0.3 is 11.1 Å². The molecule has 21 heavy (non-hydrogen) atoms. The Bertz CT molecular complexity index is 658. The van der Waals surface area contributed by atoms with E-state index in [-0.39, 0.29) is 5.91 Å². The van der Waals surface area contributed by atoms with Gasteiger partial charge in [-0.2, -0.15) is 5.10 Å². The summed E-state index contributed by atoms with van der Waals surface area (Å²) in [5.74, 6) is 0.291. The van der Waals surface area contributed by atoms with Crippen LogP contribution < -0.4 is 11.1 Å². The zero-order chi connectivity index (χ0) is 15.6. The lowest BCUT2D eigenvalue weighted by atomic mass is 10.1. The Labute approximate surface area is 125 Å². The number of nitrogens with zero attached hydrogens (tertiary/aromatic N) is 2. The number of amides is 1. The molecule has 0 aliphatic rings. The monoisotopic (exact) mass is 286 g/mol. The number of nitrogen functional groups attached to an aromatic ring is 1. The third-order valence-electron chi connectivity index (χ3n) is 3.36. The first-order chi connectivity index (χ1) is 9.90. The first kappa shape index (κ1) is 15.1. The molecule has 2 aromatic rings. The number of hydrogen-bond donors (Lipinski definition) is 2. The van der Waals surface area contributed by atoms with Gasteiger partial charge >= 0.3 is 0 Å². The number of carbonyl (C=O) groups excluding carboxylic acids is 1. The van der Waals surface area contributed by atoms with E-state index in [1.807, 2.05) is 24.6 Å². The van der Waals surface area contributed by atoms with E-state index in [4.69, 9.17) is 5.73 Å². The molecule has 0 aliphatic heterocycles. The number of aryl methyl sites for hydroxylation is 1. The van der Waals surface area contributed by atoms with Gasteiger partial charge in [-0.3, -0.25) is 9.48 Å². The average molecular weight is 286 g/mol. The minimum Gasteiger partial charge on any atom is -0.398 e. The Morgan fingerprint density at radius 2 is 2.00 bits per heavy atom. The topological polar surface area (TPSA) is 72.9 Å². The lowest BCUT2D eigenvalue weighted by Crippen LogP contribution is -2.15. The standard InChI is InChI=1S/C16H22N4O/c1-10(2)9-20-12(4)15(11(3)19-20)18-16(21)13-7-5-6-8-14(13)17/h5-8,10H,9,17H2,1-4H3,(H,18,21). The van der Waals surface area contributed by atoms with Crippen molar-refractivity contribution in [2.24, 2.45) is 5.92 Å². The average Bonchev–Trinajstić information content (AvgIpc) is 2.66. The molecule has 5 heteroatoms. The number of nitrogens with one attached hydrogen (secondary N) is 1. The molecule has 1 aromatic heterocycles. The van der Waals surface area contributed by atoms with Gasteiger partial charge in [0.15, 0.2) is 0 Å². The summed E-state index contributed by atoms with van der Waals surface area (Å²) >= 11 is 0. The van der Waals surface area contributed by atoms with Gasteiger partial charge in [-0.25, -0.2) is 0 Å². The number of aromatic nitrogens is 2. The first-order valence-electron chi connectivity index (χ1n) is 7.10. The maximum absolute atomic E-state index is 12.3. The van der Waals surface area contributed by atoms with Crippen molar-refractivity contribution in [3.63, 3.8) is 0 Å². The van der Waals surface area contributed by atoms with Gasteiger partial charge in [0.1, 0.15) is 0 Å². The molecular formula is C16H22N4O. The molecule has 3 N–H and O–H groups in total. The lowest BCUT2D eigenvalue weighted by Gasteiger charge is -2.09. The Morgan fingerprint density at radius 1 is 1.33 bits per heavy atom. The fraction of sp³-hybridized carbons (Fsp3) is 0.375. The second kappa shape index (κ2) is 5.99. The molecule has 0 atom stereocenters. The van der Waals surface area contributed by atoms with E-state index < -0.39 is 0 Å². The van der Waals surface area contributed by atoms with Crippen LogP contribution in [0.25, 0.3) is 0 Å². The summed E-state index contributed by atoms with van der Waals surface area (Å²) in [4.78, 5) is 12.3. The van der Waals surface area contributed by atoms with Crippen LogP contribution in [-0.4, -0.2) is 15.7 Å². The van der Waals surface area contributed by atoms with Crippen molar-refractivity contribution >= 4 is 17.3 Å². The van der Waals surface area contributed by atoms with Crippen molar-refractivity contribution in [1.82, 2.24) is 9.78 Å². The van der Waals surface area contributed by atoms with Crippen LogP contribution in [0.1, 0.15) is 35.6 Å². The number of benzene rings is 1. The predicted octanol–water partition coefficient (Wildman–Crippen LogP) is 2.99. The van der Waals surface area contributed by atoms with Gasteiger partial charge in [0, 0.05) is 12.2 Å². The smallest absolute Gasteiger partial charge is 0.257 e. The van der Waals surface area contributed by atoms with E-state index in [0.717, 1.165) is 23.6 Å². The molecule has 0 fully saturated rings. The third-order valence-corrected chi connectivity index (χ3v) is 3.36. The van der Waals surface area contributed by atoms with Crippen molar-refractivity contribution in [1.29, 1.82) is 0 Å². The molecule has 0 radical (unpaired) electrons. The van der Waals surface area contributed by atoms with E-state index in [2.05, 4.69) is 24.3 Å². The van der Waals surface area contributed by atoms with Crippen LogP contribution in [0.15, 0.2) is 24.3 Å². The number of rotatable bonds is 4. The summed E-state index contributed by atoms with van der Waals surface area (Å²) in [6.45, 7) is 8.97. The fourth-order valence-electron chi connectivity index (χ4n) is 2.29. The maximum atomic E-state index is 12.3. The molecule has 0 bridgehead atoms. The summed E-state index contributed by atoms with van der Waals surface area (Å²) in [7, 11) is 0. The molecule has 0 spiro atoms. The SMILES string of the molecule is Cc1nn(CC(C)C)c(C)c1NC(=O)c1ccccc1N. The minimum absolute atomic E-state index is 0.205. The highest BCUT2D eigenvalue weighted by atomic mass is 16.1. The number of anilines is 2. The van der Waals surface area contributed by atoms with Crippen molar-refractivity contribution in [3.8, 4) is 0 Å². The number of para-hydroxylation sites is 1. The number of hydrogen-bond acceptors (Lipinski definition) is 3. The Morgan fingerprint density at radius 3 is 2.62 bits per heavy atom. The van der Waals surface area contributed by atoms with E-state index in [0.29, 0.717) is 17.2 Å². The normalized spacial score (nSPS) is 10.9. The van der Waals surface area contributed by atoms with Crippen LogP contribution in [0.3, 0.4) is 0 Å². The summed E-state index contributed by atoms with van der Waals surface area (Å²) in [5.41, 5.74) is 9.34. The van der Waals surface area contributed by atoms with Gasteiger partial charge in [-0.1, -0.05) is 26.0 Å². The molecule has 1 heterocycles. The molecule has 1 aromatic carbocycles. The molecule has 1 amide bonds. The molecule has 0 saturated carbocycles. The molecule has 112 valence electrons. The number of carbonyl (C=O) groups is 1. The summed E-state index contributed by atoms with van der Waals surface area (Å²) < 4.78 is 1.93. The van der Waals surface area contributed by atoms with E-state index in [1.54, 1.807) is 18.2 Å². The summed E-state index contributed by atoms with van der Waals surface area (Å²) in [6, 6.07) is 7.04. The molecule has 0 aliphatic carbocycles. The van der Waals surface area contributed by atoms with Crippen molar-refractivity contribution < 1.29 is 4.79 Å². The van der Waals surface area contributed by atoms with E-state index >= 15 is 0 Å². The Hall–Kier alpha value is -2.30.